The summed E-state index contributed by atoms with van der Waals surface area (Å²) in [5.41, 5.74) is 6.41. The summed E-state index contributed by atoms with van der Waals surface area (Å²) >= 11 is 0. The van der Waals surface area contributed by atoms with Crippen molar-refractivity contribution in [2.24, 2.45) is 5.73 Å². The fourth-order valence-electron chi connectivity index (χ4n) is 3.10. The Morgan fingerprint density at radius 1 is 1.29 bits per heavy atom. The number of piperidine rings is 1. The van der Waals surface area contributed by atoms with Crippen LogP contribution in [0.3, 0.4) is 0 Å². The molecule has 2 atom stereocenters. The molecule has 1 aromatic rings. The Labute approximate surface area is 144 Å². The first-order valence-corrected chi connectivity index (χ1v) is 9.89. The SMILES string of the molecule is CC(C)NS(=O)(=O)c1cccc(C(=O)N2CCCCC2C(C)N)c1. The van der Waals surface area contributed by atoms with Gasteiger partial charge in [-0.15, -0.1) is 0 Å². The first-order valence-electron chi connectivity index (χ1n) is 8.41. The lowest BCUT2D eigenvalue weighted by molar-refractivity contribution is 0.0583. The maximum Gasteiger partial charge on any atom is 0.254 e. The Bertz CT molecular complexity index is 686. The fourth-order valence-corrected chi connectivity index (χ4v) is 4.39. The van der Waals surface area contributed by atoms with Gasteiger partial charge in [-0.3, -0.25) is 4.79 Å². The van der Waals surface area contributed by atoms with E-state index in [1.807, 2.05) is 6.92 Å². The maximum atomic E-state index is 12.9. The molecule has 6 nitrogen and oxygen atoms in total. The molecule has 1 aliphatic rings. The Kier molecular flexibility index (Phi) is 6.01. The summed E-state index contributed by atoms with van der Waals surface area (Å²) in [6.45, 7) is 6.08. The van der Waals surface area contributed by atoms with Crippen molar-refractivity contribution in [1.82, 2.24) is 9.62 Å². The molecule has 1 saturated heterocycles. The lowest BCUT2D eigenvalue weighted by Crippen LogP contribution is -2.51. The molecule has 0 saturated carbocycles. The number of rotatable bonds is 5. The molecule has 1 fully saturated rings. The topological polar surface area (TPSA) is 92.5 Å². The zero-order valence-corrected chi connectivity index (χ0v) is 15.3. The third-order valence-electron chi connectivity index (χ3n) is 4.20. The van der Waals surface area contributed by atoms with Crippen molar-refractivity contribution in [2.75, 3.05) is 6.54 Å². The molecular formula is C17H27N3O3S. The van der Waals surface area contributed by atoms with Gasteiger partial charge in [0, 0.05) is 30.2 Å². The van der Waals surface area contributed by atoms with Gasteiger partial charge in [0.2, 0.25) is 10.0 Å². The molecule has 1 heterocycles. The number of nitrogens with one attached hydrogen (secondary N) is 1. The number of carbonyl (C=O) groups excluding carboxylic acids is 1. The second-order valence-corrected chi connectivity index (χ2v) is 8.44. The average molecular weight is 353 g/mol. The van der Waals surface area contributed by atoms with Gasteiger partial charge < -0.3 is 10.6 Å². The number of hydrogen-bond acceptors (Lipinski definition) is 4. The first-order chi connectivity index (χ1) is 11.2. The van der Waals surface area contributed by atoms with Crippen LogP contribution in [0.2, 0.25) is 0 Å². The van der Waals surface area contributed by atoms with E-state index in [-0.39, 0.29) is 28.9 Å². The van der Waals surface area contributed by atoms with Crippen molar-refractivity contribution in [3.05, 3.63) is 29.8 Å². The highest BCUT2D eigenvalue weighted by Crippen LogP contribution is 2.22. The minimum absolute atomic E-state index is 0.000280. The number of nitrogens with zero attached hydrogens (tertiary/aromatic N) is 1. The van der Waals surface area contributed by atoms with Crippen molar-refractivity contribution in [2.45, 2.75) is 63.1 Å². The van der Waals surface area contributed by atoms with Gasteiger partial charge >= 0.3 is 0 Å². The van der Waals surface area contributed by atoms with Crippen LogP contribution in [0, 0.1) is 0 Å². The van der Waals surface area contributed by atoms with E-state index < -0.39 is 10.0 Å². The number of carbonyl (C=O) groups is 1. The van der Waals surface area contributed by atoms with Crippen LogP contribution in [0.25, 0.3) is 0 Å². The highest BCUT2D eigenvalue weighted by atomic mass is 32.2. The molecule has 0 spiro atoms. The molecule has 1 amide bonds. The van der Waals surface area contributed by atoms with Crippen LogP contribution in [0.1, 0.15) is 50.4 Å². The van der Waals surface area contributed by atoms with Crippen molar-refractivity contribution >= 4 is 15.9 Å². The van der Waals surface area contributed by atoms with Gasteiger partial charge in [-0.25, -0.2) is 13.1 Å². The zero-order valence-electron chi connectivity index (χ0n) is 14.5. The van der Waals surface area contributed by atoms with Crippen LogP contribution in [0.5, 0.6) is 0 Å². The van der Waals surface area contributed by atoms with Gasteiger partial charge in [0.25, 0.3) is 5.91 Å². The average Bonchev–Trinajstić information content (AvgIpc) is 2.53. The Morgan fingerprint density at radius 2 is 2.00 bits per heavy atom. The third-order valence-corrected chi connectivity index (χ3v) is 5.86. The highest BCUT2D eigenvalue weighted by Gasteiger charge is 2.30. The summed E-state index contributed by atoms with van der Waals surface area (Å²) < 4.78 is 27.2. The van der Waals surface area contributed by atoms with E-state index in [9.17, 15) is 13.2 Å². The van der Waals surface area contributed by atoms with E-state index >= 15 is 0 Å². The van der Waals surface area contributed by atoms with E-state index in [0.717, 1.165) is 19.3 Å². The largest absolute Gasteiger partial charge is 0.334 e. The van der Waals surface area contributed by atoms with Crippen molar-refractivity contribution in [3.63, 3.8) is 0 Å². The van der Waals surface area contributed by atoms with Gasteiger partial charge in [0.15, 0.2) is 0 Å². The van der Waals surface area contributed by atoms with Crippen LogP contribution in [-0.4, -0.2) is 43.9 Å². The summed E-state index contributed by atoms with van der Waals surface area (Å²) in [5, 5.41) is 0. The zero-order chi connectivity index (χ0) is 17.9. The number of benzene rings is 1. The third kappa shape index (κ3) is 4.34. The van der Waals surface area contributed by atoms with E-state index in [1.165, 1.54) is 12.1 Å². The normalized spacial score (nSPS) is 20.2. The predicted octanol–water partition coefficient (Wildman–Crippen LogP) is 1.72. The van der Waals surface area contributed by atoms with Crippen molar-refractivity contribution in [3.8, 4) is 0 Å². The van der Waals surface area contributed by atoms with Gasteiger partial charge in [0.1, 0.15) is 0 Å². The molecule has 1 aromatic carbocycles. The smallest absolute Gasteiger partial charge is 0.254 e. The molecule has 3 N–H and O–H groups in total. The Hall–Kier alpha value is -1.44. The van der Waals surface area contributed by atoms with E-state index in [1.54, 1.807) is 30.9 Å². The molecule has 0 aromatic heterocycles. The van der Waals surface area contributed by atoms with Crippen molar-refractivity contribution in [1.29, 1.82) is 0 Å². The van der Waals surface area contributed by atoms with Gasteiger partial charge in [-0.1, -0.05) is 6.07 Å². The van der Waals surface area contributed by atoms with Gasteiger partial charge in [-0.2, -0.15) is 0 Å². The minimum Gasteiger partial charge on any atom is -0.334 e. The predicted molar refractivity (Wildman–Crippen MR) is 94.2 cm³/mol. The monoisotopic (exact) mass is 353 g/mol. The summed E-state index contributed by atoms with van der Waals surface area (Å²) in [4.78, 5) is 14.8. The second-order valence-electron chi connectivity index (χ2n) is 6.72. The van der Waals surface area contributed by atoms with Crippen LogP contribution in [0.15, 0.2) is 29.2 Å². The number of amides is 1. The molecule has 2 unspecified atom stereocenters. The molecule has 1 aliphatic heterocycles. The number of likely N-dealkylation sites (tertiary alicyclic amines) is 1. The number of hydrogen-bond donors (Lipinski definition) is 2. The maximum absolute atomic E-state index is 12.9. The molecule has 134 valence electrons. The fraction of sp³-hybridized carbons (Fsp3) is 0.588. The summed E-state index contributed by atoms with van der Waals surface area (Å²) in [7, 11) is -3.62. The van der Waals surface area contributed by atoms with Crippen LogP contribution in [0.4, 0.5) is 0 Å². The quantitative estimate of drug-likeness (QED) is 0.843. The van der Waals surface area contributed by atoms with E-state index in [0.29, 0.717) is 12.1 Å². The molecule has 0 radical (unpaired) electrons. The molecule has 2 rings (SSSR count). The Balaban J connectivity index is 2.29. The van der Waals surface area contributed by atoms with Gasteiger partial charge in [0.05, 0.1) is 4.90 Å². The lowest BCUT2D eigenvalue weighted by atomic mass is 9.96. The molecular weight excluding hydrogens is 326 g/mol. The second kappa shape index (κ2) is 7.63. The van der Waals surface area contributed by atoms with Crippen LogP contribution >= 0.6 is 0 Å². The Morgan fingerprint density at radius 3 is 2.62 bits per heavy atom. The summed E-state index contributed by atoms with van der Waals surface area (Å²) in [5.74, 6) is -0.154. The number of sulfonamides is 1. The first kappa shape index (κ1) is 18.9. The van der Waals surface area contributed by atoms with Gasteiger partial charge in [-0.05, 0) is 58.2 Å². The number of nitrogens with two attached hydrogens (primary N) is 1. The van der Waals surface area contributed by atoms with E-state index in [2.05, 4.69) is 4.72 Å². The molecule has 0 bridgehead atoms. The van der Waals surface area contributed by atoms with E-state index in [4.69, 9.17) is 5.73 Å². The summed E-state index contributed by atoms with van der Waals surface area (Å²) in [6.07, 6.45) is 2.89. The van der Waals surface area contributed by atoms with Crippen LogP contribution in [-0.2, 0) is 10.0 Å². The minimum atomic E-state index is -3.62. The van der Waals surface area contributed by atoms with Crippen molar-refractivity contribution < 1.29 is 13.2 Å². The lowest BCUT2D eigenvalue weighted by Gasteiger charge is -2.38. The highest BCUT2D eigenvalue weighted by molar-refractivity contribution is 7.89. The van der Waals surface area contributed by atoms with Crippen LogP contribution < -0.4 is 10.5 Å². The molecule has 24 heavy (non-hydrogen) atoms. The molecule has 0 aliphatic carbocycles. The molecule has 7 heteroatoms. The summed E-state index contributed by atoms with van der Waals surface area (Å²) in [6, 6.07) is 5.89. The standard InChI is InChI=1S/C17H27N3O3S/c1-12(2)19-24(22,23)15-8-6-7-14(11-15)17(21)20-10-5-4-9-16(20)13(3)18/h6-8,11-13,16,19H,4-5,9-10,18H2,1-3H3.